The minimum atomic E-state index is -0.961. The Hall–Kier alpha value is -1.09. The van der Waals surface area contributed by atoms with Crippen LogP contribution in [0.25, 0.3) is 0 Å². The number of alkyl halides is 1. The van der Waals surface area contributed by atoms with Crippen molar-refractivity contribution in [3.8, 4) is 0 Å². The van der Waals surface area contributed by atoms with Crippen LogP contribution in [0.5, 0.6) is 0 Å². The van der Waals surface area contributed by atoms with Crippen molar-refractivity contribution in [1.82, 2.24) is 10.2 Å². The van der Waals surface area contributed by atoms with Crippen LogP contribution in [0.4, 0.5) is 0 Å². The van der Waals surface area contributed by atoms with Crippen LogP contribution in [-0.4, -0.2) is 62.6 Å². The molecule has 0 bridgehead atoms. The SMILES string of the molecule is CC1(C(=O)O)CS[C@@H]2C(NC(=O)CC(=O)CBr)C(=O)N2C1. The van der Waals surface area contributed by atoms with E-state index in [1.54, 1.807) is 6.92 Å². The van der Waals surface area contributed by atoms with Gasteiger partial charge in [-0.15, -0.1) is 11.8 Å². The summed E-state index contributed by atoms with van der Waals surface area (Å²) in [5.74, 6) is -1.59. The van der Waals surface area contributed by atoms with Gasteiger partial charge in [0.1, 0.15) is 11.4 Å². The average Bonchev–Trinajstić information content (AvgIpc) is 2.44. The minimum Gasteiger partial charge on any atom is -0.481 e. The van der Waals surface area contributed by atoms with Crippen molar-refractivity contribution in [2.24, 2.45) is 5.41 Å². The van der Waals surface area contributed by atoms with E-state index in [4.69, 9.17) is 0 Å². The number of aliphatic carboxylic acids is 1. The van der Waals surface area contributed by atoms with Crippen LogP contribution < -0.4 is 5.32 Å². The smallest absolute Gasteiger partial charge is 0.312 e. The van der Waals surface area contributed by atoms with Crippen LogP contribution in [0.15, 0.2) is 0 Å². The van der Waals surface area contributed by atoms with Crippen LogP contribution in [0.2, 0.25) is 0 Å². The number of nitrogens with zero attached hydrogens (tertiary/aromatic N) is 1. The van der Waals surface area contributed by atoms with Gasteiger partial charge < -0.3 is 15.3 Å². The highest BCUT2D eigenvalue weighted by molar-refractivity contribution is 9.09. The summed E-state index contributed by atoms with van der Waals surface area (Å²) in [5.41, 5.74) is -0.961. The summed E-state index contributed by atoms with van der Waals surface area (Å²) in [5, 5.41) is 11.6. The fraction of sp³-hybridized carbons (Fsp3) is 0.667. The third-order valence-electron chi connectivity index (χ3n) is 3.57. The van der Waals surface area contributed by atoms with Crippen molar-refractivity contribution in [2.75, 3.05) is 17.6 Å². The van der Waals surface area contributed by atoms with Gasteiger partial charge >= 0.3 is 5.97 Å². The zero-order chi connectivity index (χ0) is 15.8. The predicted molar refractivity (Wildman–Crippen MR) is 79.1 cm³/mol. The number of carbonyl (C=O) groups excluding carboxylic acids is 3. The molecule has 2 aliphatic heterocycles. The molecule has 2 fully saturated rings. The van der Waals surface area contributed by atoms with Crippen LogP contribution in [0.1, 0.15) is 13.3 Å². The van der Waals surface area contributed by atoms with E-state index in [0.29, 0.717) is 5.75 Å². The molecular weight excluding hydrogens is 364 g/mol. The Balaban J connectivity index is 1.94. The molecule has 0 aromatic heterocycles. The van der Waals surface area contributed by atoms with Gasteiger partial charge in [-0.3, -0.25) is 19.2 Å². The quantitative estimate of drug-likeness (QED) is 0.391. The molecule has 2 unspecified atom stereocenters. The van der Waals surface area contributed by atoms with Gasteiger partial charge in [0.05, 0.1) is 17.2 Å². The zero-order valence-corrected chi connectivity index (χ0v) is 13.7. The van der Waals surface area contributed by atoms with Crippen molar-refractivity contribution >= 4 is 51.3 Å². The number of Topliss-reactive ketones (excluding diaryl/α,β-unsaturated/α-hetero) is 1. The Labute approximate surface area is 133 Å². The maximum atomic E-state index is 12.0. The first-order valence-electron chi connectivity index (χ1n) is 6.31. The summed E-state index contributed by atoms with van der Waals surface area (Å²) in [6.07, 6.45) is -0.265. The van der Waals surface area contributed by atoms with Gasteiger partial charge in [-0.1, -0.05) is 15.9 Å². The Bertz CT molecular complexity index is 514. The van der Waals surface area contributed by atoms with E-state index >= 15 is 0 Å². The van der Waals surface area contributed by atoms with Crippen molar-refractivity contribution < 1.29 is 24.3 Å². The fourth-order valence-electron chi connectivity index (χ4n) is 2.28. The molecule has 2 rings (SSSR count). The molecule has 9 heteroatoms. The number of carbonyl (C=O) groups is 4. The molecular formula is C12H15BrN2O5S. The molecule has 3 atom stereocenters. The molecule has 0 aromatic carbocycles. The summed E-state index contributed by atoms with van der Waals surface area (Å²) < 4.78 is 0. The first kappa shape index (κ1) is 16.3. The van der Waals surface area contributed by atoms with E-state index in [2.05, 4.69) is 21.2 Å². The van der Waals surface area contributed by atoms with Crippen LogP contribution in [0.3, 0.4) is 0 Å². The number of amides is 2. The van der Waals surface area contributed by atoms with Crippen molar-refractivity contribution in [1.29, 1.82) is 0 Å². The third-order valence-corrected chi connectivity index (χ3v) is 5.87. The van der Waals surface area contributed by atoms with Gasteiger partial charge in [0.2, 0.25) is 11.8 Å². The summed E-state index contributed by atoms with van der Waals surface area (Å²) in [6, 6.07) is -0.663. The molecule has 2 saturated heterocycles. The molecule has 21 heavy (non-hydrogen) atoms. The zero-order valence-electron chi connectivity index (χ0n) is 11.3. The number of fused-ring (bicyclic) bond motifs is 1. The number of ketones is 1. The number of halogens is 1. The Morgan fingerprint density at radius 2 is 2.19 bits per heavy atom. The van der Waals surface area contributed by atoms with Gasteiger partial charge in [0, 0.05) is 12.3 Å². The first-order chi connectivity index (χ1) is 9.78. The fourth-order valence-corrected chi connectivity index (χ4v) is 3.97. The summed E-state index contributed by atoms with van der Waals surface area (Å²) in [4.78, 5) is 47.5. The Morgan fingerprint density at radius 3 is 2.76 bits per heavy atom. The standard InChI is InChI=1S/C12H15BrN2O5S/c1-12(11(19)20)4-15-9(18)8(10(15)21-5-12)14-7(17)2-6(16)3-13/h8,10H,2-5H2,1H3,(H,14,17)(H,19,20)/t8?,10-,12?/m1/s1. The van der Waals surface area contributed by atoms with E-state index in [1.165, 1.54) is 16.7 Å². The highest BCUT2D eigenvalue weighted by Crippen LogP contribution is 2.41. The number of carboxylic acids is 1. The van der Waals surface area contributed by atoms with E-state index in [0.717, 1.165) is 0 Å². The first-order valence-corrected chi connectivity index (χ1v) is 8.48. The number of thioether (sulfide) groups is 1. The number of hydrogen-bond acceptors (Lipinski definition) is 5. The number of nitrogens with one attached hydrogen (secondary N) is 1. The Morgan fingerprint density at radius 1 is 1.52 bits per heavy atom. The Kier molecular flexibility index (Phi) is 4.62. The molecule has 0 saturated carbocycles. The lowest BCUT2D eigenvalue weighted by atomic mass is 9.89. The van der Waals surface area contributed by atoms with Gasteiger partial charge in [0.25, 0.3) is 0 Å². The second kappa shape index (κ2) is 5.96. The molecule has 2 N–H and O–H groups in total. The number of rotatable bonds is 5. The lowest BCUT2D eigenvalue weighted by Crippen LogP contribution is -2.73. The van der Waals surface area contributed by atoms with Gasteiger partial charge in [-0.2, -0.15) is 0 Å². The third kappa shape index (κ3) is 3.08. The maximum absolute atomic E-state index is 12.0. The topological polar surface area (TPSA) is 104 Å². The van der Waals surface area contributed by atoms with Gasteiger partial charge in [0.15, 0.2) is 5.78 Å². The molecule has 0 spiro atoms. The molecule has 2 amide bonds. The lowest BCUT2D eigenvalue weighted by Gasteiger charge is -2.53. The lowest BCUT2D eigenvalue weighted by molar-refractivity contribution is -0.158. The van der Waals surface area contributed by atoms with Crippen molar-refractivity contribution in [2.45, 2.75) is 24.8 Å². The van der Waals surface area contributed by atoms with Crippen LogP contribution in [0, 0.1) is 5.41 Å². The molecule has 2 heterocycles. The van der Waals surface area contributed by atoms with Gasteiger partial charge in [-0.25, -0.2) is 0 Å². The van der Waals surface area contributed by atoms with E-state index in [-0.39, 0.29) is 35.4 Å². The maximum Gasteiger partial charge on any atom is 0.312 e. The second-order valence-electron chi connectivity index (χ2n) is 5.43. The second-order valence-corrected chi connectivity index (χ2v) is 7.09. The van der Waals surface area contributed by atoms with Crippen LogP contribution >= 0.6 is 27.7 Å². The van der Waals surface area contributed by atoms with E-state index in [1.807, 2.05) is 0 Å². The van der Waals surface area contributed by atoms with Crippen LogP contribution in [-0.2, 0) is 19.2 Å². The number of β-lactam (4-membered cyclic amide) rings is 1. The highest BCUT2D eigenvalue weighted by Gasteiger charge is 2.55. The van der Waals surface area contributed by atoms with Crippen molar-refractivity contribution in [3.63, 3.8) is 0 Å². The normalized spacial score (nSPS) is 31.1. The highest BCUT2D eigenvalue weighted by atomic mass is 79.9. The number of hydrogen-bond donors (Lipinski definition) is 2. The molecule has 7 nitrogen and oxygen atoms in total. The average molecular weight is 379 g/mol. The minimum absolute atomic E-state index is 0.0975. The van der Waals surface area contributed by atoms with Crippen molar-refractivity contribution in [3.05, 3.63) is 0 Å². The molecule has 2 aliphatic rings. The molecule has 0 radical (unpaired) electrons. The summed E-state index contributed by atoms with van der Waals surface area (Å²) >= 11 is 4.31. The van der Waals surface area contributed by atoms with E-state index in [9.17, 15) is 24.3 Å². The predicted octanol–water partition coefficient (Wildman–Crippen LogP) is -0.169. The van der Waals surface area contributed by atoms with E-state index < -0.39 is 23.3 Å². The molecule has 0 aliphatic carbocycles. The molecule has 116 valence electrons. The summed E-state index contributed by atoms with van der Waals surface area (Å²) in [7, 11) is 0. The molecule has 0 aromatic rings. The number of carboxylic acid groups (broad SMARTS) is 1. The largest absolute Gasteiger partial charge is 0.481 e. The summed E-state index contributed by atoms with van der Waals surface area (Å²) in [6.45, 7) is 1.75. The monoisotopic (exact) mass is 378 g/mol. The van der Waals surface area contributed by atoms with Gasteiger partial charge in [-0.05, 0) is 6.92 Å².